The van der Waals surface area contributed by atoms with E-state index in [1.54, 1.807) is 17.1 Å². The fraction of sp³-hybridized carbons (Fsp3) is 0.667. The third-order valence-corrected chi connectivity index (χ3v) is 2.58. The third kappa shape index (κ3) is 3.45. The third-order valence-electron chi connectivity index (χ3n) is 2.58. The molecule has 1 aromatic heterocycles. The number of carbonyl (C=O) groups excluding carboxylic acids is 1. The molecule has 1 rings (SSSR count). The van der Waals surface area contributed by atoms with Gasteiger partial charge in [0.25, 0.3) is 0 Å². The molecule has 16 heavy (non-hydrogen) atoms. The van der Waals surface area contributed by atoms with Crippen LogP contribution in [0.3, 0.4) is 0 Å². The Morgan fingerprint density at radius 1 is 1.50 bits per heavy atom. The van der Waals surface area contributed by atoms with Gasteiger partial charge in [-0.25, -0.2) is 0 Å². The van der Waals surface area contributed by atoms with Crippen molar-refractivity contribution in [2.24, 2.45) is 5.73 Å². The molecule has 0 spiro atoms. The Balaban J connectivity index is 2.57. The van der Waals surface area contributed by atoms with Gasteiger partial charge in [-0.1, -0.05) is 26.7 Å². The summed E-state index contributed by atoms with van der Waals surface area (Å²) in [6.45, 7) is 5.02. The predicted octanol–water partition coefficient (Wildman–Crippen LogP) is 1.99. The molecule has 0 bridgehead atoms. The Hall–Kier alpha value is -1.16. The number of aromatic nitrogens is 2. The van der Waals surface area contributed by atoms with Crippen molar-refractivity contribution >= 4 is 5.78 Å². The van der Waals surface area contributed by atoms with E-state index < -0.39 is 0 Å². The lowest BCUT2D eigenvalue weighted by Gasteiger charge is -2.07. The molecule has 1 unspecified atom stereocenters. The molecule has 1 heterocycles. The van der Waals surface area contributed by atoms with Crippen LogP contribution in [0.25, 0.3) is 0 Å². The number of ketones is 1. The van der Waals surface area contributed by atoms with Crippen molar-refractivity contribution in [1.29, 1.82) is 0 Å². The first-order valence-corrected chi connectivity index (χ1v) is 6.01. The Morgan fingerprint density at radius 3 is 2.88 bits per heavy atom. The first-order valence-electron chi connectivity index (χ1n) is 6.01. The highest BCUT2D eigenvalue weighted by Gasteiger charge is 2.16. The minimum atomic E-state index is -0.376. The molecule has 0 fully saturated rings. The minimum Gasteiger partial charge on any atom is -0.321 e. The average Bonchev–Trinajstić information content (AvgIpc) is 2.74. The van der Waals surface area contributed by atoms with Crippen LogP contribution in [0.1, 0.15) is 49.9 Å². The lowest BCUT2D eigenvalue weighted by molar-refractivity contribution is 0.0956. The number of rotatable bonds is 7. The van der Waals surface area contributed by atoms with Gasteiger partial charge in [-0.05, 0) is 12.8 Å². The maximum Gasteiger partial charge on any atom is 0.182 e. The highest BCUT2D eigenvalue weighted by atomic mass is 16.1. The van der Waals surface area contributed by atoms with Crippen molar-refractivity contribution in [3.63, 3.8) is 0 Å². The first-order chi connectivity index (χ1) is 7.69. The van der Waals surface area contributed by atoms with Gasteiger partial charge in [0, 0.05) is 12.7 Å². The molecule has 4 heteroatoms. The SMILES string of the molecule is CCCCC(N)C(=O)c1cnn(CCC)c1. The lowest BCUT2D eigenvalue weighted by Crippen LogP contribution is -2.30. The summed E-state index contributed by atoms with van der Waals surface area (Å²) in [6, 6.07) is -0.376. The summed E-state index contributed by atoms with van der Waals surface area (Å²) in [7, 11) is 0. The molecular weight excluding hydrogens is 202 g/mol. The second-order valence-corrected chi connectivity index (χ2v) is 4.11. The van der Waals surface area contributed by atoms with Crippen LogP contribution in [0, 0.1) is 0 Å². The number of Topliss-reactive ketones (excluding diaryl/α,β-unsaturated/α-hetero) is 1. The Bertz CT molecular complexity index is 333. The van der Waals surface area contributed by atoms with Crippen molar-refractivity contribution < 1.29 is 4.79 Å². The molecule has 0 saturated carbocycles. The van der Waals surface area contributed by atoms with Crippen LogP contribution in [0.4, 0.5) is 0 Å². The minimum absolute atomic E-state index is 0.0100. The Kier molecular flexibility index (Phi) is 5.19. The summed E-state index contributed by atoms with van der Waals surface area (Å²) in [5.41, 5.74) is 6.47. The summed E-state index contributed by atoms with van der Waals surface area (Å²) in [5, 5.41) is 4.13. The molecule has 0 radical (unpaired) electrons. The molecule has 0 aromatic carbocycles. The van der Waals surface area contributed by atoms with Gasteiger partial charge in [0.2, 0.25) is 0 Å². The van der Waals surface area contributed by atoms with Gasteiger partial charge < -0.3 is 5.73 Å². The highest BCUT2D eigenvalue weighted by Crippen LogP contribution is 2.07. The predicted molar refractivity (Wildman–Crippen MR) is 64.3 cm³/mol. The van der Waals surface area contributed by atoms with E-state index in [1.165, 1.54) is 0 Å². The van der Waals surface area contributed by atoms with Gasteiger partial charge in [-0.15, -0.1) is 0 Å². The maximum atomic E-state index is 11.9. The van der Waals surface area contributed by atoms with Crippen molar-refractivity contribution in [2.75, 3.05) is 0 Å². The Labute approximate surface area is 96.8 Å². The van der Waals surface area contributed by atoms with Crippen LogP contribution in [-0.2, 0) is 6.54 Å². The number of hydrogen-bond acceptors (Lipinski definition) is 3. The molecule has 4 nitrogen and oxygen atoms in total. The van der Waals surface area contributed by atoms with E-state index in [9.17, 15) is 4.79 Å². The smallest absolute Gasteiger partial charge is 0.182 e. The normalized spacial score (nSPS) is 12.7. The van der Waals surface area contributed by atoms with Crippen LogP contribution >= 0.6 is 0 Å². The van der Waals surface area contributed by atoms with Crippen molar-refractivity contribution in [1.82, 2.24) is 9.78 Å². The van der Waals surface area contributed by atoms with Gasteiger partial charge in [0.15, 0.2) is 5.78 Å². The van der Waals surface area contributed by atoms with Gasteiger partial charge in [0.05, 0.1) is 17.8 Å². The van der Waals surface area contributed by atoms with Gasteiger partial charge >= 0.3 is 0 Å². The van der Waals surface area contributed by atoms with E-state index in [1.807, 2.05) is 0 Å². The zero-order valence-electron chi connectivity index (χ0n) is 10.1. The second kappa shape index (κ2) is 6.43. The van der Waals surface area contributed by atoms with E-state index in [0.717, 1.165) is 32.2 Å². The van der Waals surface area contributed by atoms with E-state index in [4.69, 9.17) is 5.73 Å². The van der Waals surface area contributed by atoms with E-state index in [0.29, 0.717) is 5.56 Å². The topological polar surface area (TPSA) is 60.9 Å². The molecule has 1 atom stereocenters. The molecule has 0 amide bonds. The fourth-order valence-corrected chi connectivity index (χ4v) is 1.61. The summed E-state index contributed by atoms with van der Waals surface area (Å²) in [6.07, 6.45) is 7.24. The Morgan fingerprint density at radius 2 is 2.25 bits per heavy atom. The molecule has 2 N–H and O–H groups in total. The van der Waals surface area contributed by atoms with Crippen LogP contribution in [0.5, 0.6) is 0 Å². The number of unbranched alkanes of at least 4 members (excludes halogenated alkanes) is 1. The standard InChI is InChI=1S/C12H21N3O/c1-3-5-6-11(13)12(16)10-8-14-15(9-10)7-4-2/h8-9,11H,3-7,13H2,1-2H3. The number of nitrogens with two attached hydrogens (primary N) is 1. The zero-order chi connectivity index (χ0) is 12.0. The van der Waals surface area contributed by atoms with Crippen LogP contribution in [-0.4, -0.2) is 21.6 Å². The number of hydrogen-bond donors (Lipinski definition) is 1. The average molecular weight is 223 g/mol. The van der Waals surface area contributed by atoms with Crippen LogP contribution < -0.4 is 5.73 Å². The number of aryl methyl sites for hydroxylation is 1. The van der Waals surface area contributed by atoms with E-state index in [2.05, 4.69) is 18.9 Å². The quantitative estimate of drug-likeness (QED) is 0.719. The van der Waals surface area contributed by atoms with Crippen LogP contribution in [0.2, 0.25) is 0 Å². The maximum absolute atomic E-state index is 11.9. The van der Waals surface area contributed by atoms with E-state index >= 15 is 0 Å². The monoisotopic (exact) mass is 223 g/mol. The number of carbonyl (C=O) groups is 1. The molecule has 90 valence electrons. The van der Waals surface area contributed by atoms with Crippen molar-refractivity contribution in [3.8, 4) is 0 Å². The fourth-order valence-electron chi connectivity index (χ4n) is 1.61. The highest BCUT2D eigenvalue weighted by molar-refractivity contribution is 5.99. The zero-order valence-corrected chi connectivity index (χ0v) is 10.1. The first kappa shape index (κ1) is 12.9. The lowest BCUT2D eigenvalue weighted by atomic mass is 10.0. The molecular formula is C12H21N3O. The van der Waals surface area contributed by atoms with Crippen molar-refractivity contribution in [3.05, 3.63) is 18.0 Å². The summed E-state index contributed by atoms with van der Waals surface area (Å²) in [5.74, 6) is 0.0100. The number of nitrogens with zero attached hydrogens (tertiary/aromatic N) is 2. The van der Waals surface area contributed by atoms with Crippen molar-refractivity contribution in [2.45, 2.75) is 52.1 Å². The summed E-state index contributed by atoms with van der Waals surface area (Å²) in [4.78, 5) is 11.9. The molecule has 1 aromatic rings. The van der Waals surface area contributed by atoms with E-state index in [-0.39, 0.29) is 11.8 Å². The molecule has 0 aliphatic rings. The summed E-state index contributed by atoms with van der Waals surface area (Å²) >= 11 is 0. The van der Waals surface area contributed by atoms with Crippen LogP contribution in [0.15, 0.2) is 12.4 Å². The largest absolute Gasteiger partial charge is 0.321 e. The van der Waals surface area contributed by atoms with Gasteiger partial charge in [-0.2, -0.15) is 5.10 Å². The molecule has 0 saturated heterocycles. The molecule has 0 aliphatic carbocycles. The van der Waals surface area contributed by atoms with Gasteiger partial charge in [-0.3, -0.25) is 9.48 Å². The summed E-state index contributed by atoms with van der Waals surface area (Å²) < 4.78 is 1.79. The molecule has 0 aliphatic heterocycles. The van der Waals surface area contributed by atoms with Gasteiger partial charge in [0.1, 0.15) is 0 Å². The second-order valence-electron chi connectivity index (χ2n) is 4.11.